The molecule has 32 heavy (non-hydrogen) atoms. The van der Waals surface area contributed by atoms with Gasteiger partial charge in [-0.05, 0) is 58.0 Å². The zero-order chi connectivity index (χ0) is 22.1. The van der Waals surface area contributed by atoms with Crippen LogP contribution in [0.4, 0.5) is 5.69 Å². The van der Waals surface area contributed by atoms with Crippen molar-refractivity contribution in [1.29, 1.82) is 0 Å². The number of anilines is 1. The number of ether oxygens (including phenoxy) is 2. The van der Waals surface area contributed by atoms with E-state index in [0.717, 1.165) is 34.0 Å². The van der Waals surface area contributed by atoms with Crippen LogP contribution in [0.1, 0.15) is 44.9 Å². The van der Waals surface area contributed by atoms with Crippen molar-refractivity contribution in [3.8, 4) is 5.75 Å². The highest BCUT2D eigenvalue weighted by Crippen LogP contribution is 2.39. The van der Waals surface area contributed by atoms with Crippen LogP contribution in [0.15, 0.2) is 66.5 Å². The first kappa shape index (κ1) is 24.1. The van der Waals surface area contributed by atoms with E-state index in [1.165, 1.54) is 10.9 Å². The Morgan fingerprint density at radius 1 is 0.938 bits per heavy atom. The molecular weight excluding hydrogens is 511 g/mol. The minimum absolute atomic E-state index is 0. The first-order valence-electron chi connectivity index (χ1n) is 10.8. The number of hydrogen-bond acceptors (Lipinski definition) is 3. The summed E-state index contributed by atoms with van der Waals surface area (Å²) in [4.78, 5) is 2.34. The molecule has 0 atom stereocenters. The van der Waals surface area contributed by atoms with Crippen LogP contribution in [0.3, 0.4) is 0 Å². The number of aromatic nitrogens is 1. The number of nitrogens with zero attached hydrogens (tertiary/aromatic N) is 2. The average molecular weight is 542 g/mol. The SMILES string of the molecule is COC(=C1C=Cc2cc(OC)ccc2N1C(C)C)c1cc[n+](C(C)C)c2ccccc12.[I-]. The molecule has 1 aliphatic rings. The molecule has 0 amide bonds. The molecule has 2 aromatic carbocycles. The van der Waals surface area contributed by atoms with Crippen molar-refractivity contribution < 1.29 is 38.0 Å². The summed E-state index contributed by atoms with van der Waals surface area (Å²) in [6.07, 6.45) is 6.45. The molecular formula is C27H31IN2O2. The van der Waals surface area contributed by atoms with Gasteiger partial charge in [0.15, 0.2) is 18.0 Å². The van der Waals surface area contributed by atoms with Crippen molar-refractivity contribution in [3.05, 3.63) is 77.6 Å². The fourth-order valence-electron chi connectivity index (χ4n) is 4.38. The van der Waals surface area contributed by atoms with Gasteiger partial charge in [-0.1, -0.05) is 18.2 Å². The molecule has 0 unspecified atom stereocenters. The summed E-state index contributed by atoms with van der Waals surface area (Å²) in [5.74, 6) is 1.73. The van der Waals surface area contributed by atoms with Crippen molar-refractivity contribution in [3.63, 3.8) is 0 Å². The van der Waals surface area contributed by atoms with Crippen molar-refractivity contribution in [2.24, 2.45) is 0 Å². The molecule has 0 saturated heterocycles. The minimum Gasteiger partial charge on any atom is -1.00 e. The van der Waals surface area contributed by atoms with Crippen LogP contribution < -0.4 is 38.2 Å². The fourth-order valence-corrected chi connectivity index (χ4v) is 4.38. The van der Waals surface area contributed by atoms with Crippen LogP contribution in [0.25, 0.3) is 22.7 Å². The van der Waals surface area contributed by atoms with Crippen LogP contribution >= 0.6 is 0 Å². The molecule has 4 rings (SSSR count). The first-order chi connectivity index (χ1) is 15.0. The molecule has 1 aromatic heterocycles. The number of fused-ring (bicyclic) bond motifs is 2. The molecule has 2 heterocycles. The number of methoxy groups -OCH3 is 2. The topological polar surface area (TPSA) is 25.6 Å². The quantitative estimate of drug-likeness (QED) is 0.282. The predicted octanol–water partition coefficient (Wildman–Crippen LogP) is 2.98. The standard InChI is InChI=1S/C27H31N2O2.HI/c1-18(2)28-16-15-23(22-9-7-8-10-25(22)28)27(31-6)26-13-11-20-17-21(30-5)12-14-24(20)29(26)19(3)4;/h7-19H,1-6H3;1H/q+1;/p-1. The summed E-state index contributed by atoms with van der Waals surface area (Å²) in [5, 5.41) is 1.18. The van der Waals surface area contributed by atoms with E-state index in [1.807, 2.05) is 6.07 Å². The smallest absolute Gasteiger partial charge is 0.213 e. The van der Waals surface area contributed by atoms with Gasteiger partial charge >= 0.3 is 0 Å². The van der Waals surface area contributed by atoms with Crippen LogP contribution in [-0.2, 0) is 4.74 Å². The largest absolute Gasteiger partial charge is 1.00 e. The maximum atomic E-state index is 6.08. The normalized spacial score (nSPS) is 14.4. The lowest BCUT2D eigenvalue weighted by Gasteiger charge is -2.35. The average Bonchev–Trinajstić information content (AvgIpc) is 2.78. The van der Waals surface area contributed by atoms with E-state index in [-0.39, 0.29) is 30.0 Å². The van der Waals surface area contributed by atoms with Crippen LogP contribution in [0.2, 0.25) is 0 Å². The summed E-state index contributed by atoms with van der Waals surface area (Å²) >= 11 is 0. The van der Waals surface area contributed by atoms with Gasteiger partial charge in [-0.15, -0.1) is 0 Å². The van der Waals surface area contributed by atoms with Crippen LogP contribution in [0.5, 0.6) is 5.75 Å². The molecule has 0 spiro atoms. The number of halogens is 1. The predicted molar refractivity (Wildman–Crippen MR) is 128 cm³/mol. The summed E-state index contributed by atoms with van der Waals surface area (Å²) in [6, 6.07) is 17.6. The molecule has 3 aromatic rings. The van der Waals surface area contributed by atoms with Crippen molar-refractivity contribution in [1.82, 2.24) is 0 Å². The summed E-state index contributed by atoms with van der Waals surface area (Å²) in [6.45, 7) is 8.82. The molecule has 0 N–H and O–H groups in total. The minimum atomic E-state index is 0. The molecule has 5 heteroatoms. The molecule has 4 nitrogen and oxygen atoms in total. The second kappa shape index (κ2) is 9.94. The third-order valence-electron chi connectivity index (χ3n) is 5.80. The van der Waals surface area contributed by atoms with E-state index in [2.05, 4.69) is 98.0 Å². The molecule has 0 fully saturated rings. The van der Waals surface area contributed by atoms with E-state index in [4.69, 9.17) is 9.47 Å². The van der Waals surface area contributed by atoms with Gasteiger partial charge in [0.2, 0.25) is 5.52 Å². The Bertz CT molecular complexity index is 1180. The summed E-state index contributed by atoms with van der Waals surface area (Å²) in [5.41, 5.74) is 5.65. The lowest BCUT2D eigenvalue weighted by atomic mass is 9.99. The zero-order valence-electron chi connectivity index (χ0n) is 19.6. The van der Waals surface area contributed by atoms with Gasteiger partial charge in [-0.3, -0.25) is 0 Å². The molecule has 1 aliphatic heterocycles. The Kier molecular flexibility index (Phi) is 7.49. The van der Waals surface area contributed by atoms with Gasteiger partial charge < -0.3 is 38.4 Å². The second-order valence-corrected chi connectivity index (χ2v) is 8.39. The van der Waals surface area contributed by atoms with Crippen LogP contribution in [-0.4, -0.2) is 20.3 Å². The second-order valence-electron chi connectivity index (χ2n) is 8.39. The summed E-state index contributed by atoms with van der Waals surface area (Å²) < 4.78 is 13.8. The number of allylic oxidation sites excluding steroid dienone is 1. The monoisotopic (exact) mass is 542 g/mol. The highest BCUT2D eigenvalue weighted by atomic mass is 127. The number of pyridine rings is 1. The van der Waals surface area contributed by atoms with Gasteiger partial charge in [-0.25, -0.2) is 0 Å². The Morgan fingerprint density at radius 2 is 1.69 bits per heavy atom. The Balaban J connectivity index is 0.00000289. The lowest BCUT2D eigenvalue weighted by Crippen LogP contribution is -3.00. The van der Waals surface area contributed by atoms with Crippen molar-refractivity contribution in [2.75, 3.05) is 19.1 Å². The Labute approximate surface area is 208 Å². The highest BCUT2D eigenvalue weighted by molar-refractivity contribution is 5.92. The molecule has 0 aliphatic carbocycles. The third-order valence-corrected chi connectivity index (χ3v) is 5.80. The molecule has 168 valence electrons. The van der Waals surface area contributed by atoms with Gasteiger partial charge in [0.1, 0.15) is 5.75 Å². The van der Waals surface area contributed by atoms with Gasteiger partial charge in [0, 0.05) is 35.0 Å². The highest BCUT2D eigenvalue weighted by Gasteiger charge is 2.27. The van der Waals surface area contributed by atoms with E-state index in [1.54, 1.807) is 14.2 Å². The molecule has 0 radical (unpaired) electrons. The van der Waals surface area contributed by atoms with E-state index in [9.17, 15) is 0 Å². The van der Waals surface area contributed by atoms with Crippen molar-refractivity contribution in [2.45, 2.75) is 39.8 Å². The fraction of sp³-hybridized carbons (Fsp3) is 0.296. The summed E-state index contributed by atoms with van der Waals surface area (Å²) in [7, 11) is 3.46. The third kappa shape index (κ3) is 4.22. The first-order valence-corrected chi connectivity index (χ1v) is 10.8. The number of rotatable bonds is 5. The Morgan fingerprint density at radius 3 is 2.34 bits per heavy atom. The van der Waals surface area contributed by atoms with Gasteiger partial charge in [0.25, 0.3) is 0 Å². The van der Waals surface area contributed by atoms with Crippen molar-refractivity contribution >= 4 is 28.4 Å². The van der Waals surface area contributed by atoms with Gasteiger partial charge in [-0.2, -0.15) is 4.57 Å². The van der Waals surface area contributed by atoms with Gasteiger partial charge in [0.05, 0.1) is 25.3 Å². The van der Waals surface area contributed by atoms with E-state index in [0.29, 0.717) is 6.04 Å². The number of benzene rings is 2. The zero-order valence-corrected chi connectivity index (χ0v) is 21.8. The number of hydrogen-bond donors (Lipinski definition) is 0. The molecule has 0 saturated carbocycles. The lowest BCUT2D eigenvalue weighted by molar-refractivity contribution is -0.691. The van der Waals surface area contributed by atoms with E-state index >= 15 is 0 Å². The van der Waals surface area contributed by atoms with E-state index < -0.39 is 0 Å². The maximum Gasteiger partial charge on any atom is 0.213 e. The maximum absolute atomic E-state index is 6.08. The molecule has 0 bridgehead atoms. The Hall–Kier alpha value is -2.54. The van der Waals surface area contributed by atoms with Crippen LogP contribution in [0, 0.1) is 0 Å². The number of para-hydroxylation sites is 1.